The summed E-state index contributed by atoms with van der Waals surface area (Å²) in [6.07, 6.45) is 6.05. The summed E-state index contributed by atoms with van der Waals surface area (Å²) < 4.78 is 16.5. The van der Waals surface area contributed by atoms with Crippen molar-refractivity contribution in [2.45, 2.75) is 76.9 Å². The monoisotopic (exact) mass is 436 g/mol. The fourth-order valence-corrected chi connectivity index (χ4v) is 3.96. The molecule has 0 spiro atoms. The van der Waals surface area contributed by atoms with Crippen LogP contribution in [0.15, 0.2) is 30.3 Å². The first-order chi connectivity index (χ1) is 14.9. The van der Waals surface area contributed by atoms with E-state index < -0.39 is 23.9 Å². The van der Waals surface area contributed by atoms with Crippen LogP contribution in [0.1, 0.15) is 57.9 Å². The Morgan fingerprint density at radius 1 is 1.10 bits per heavy atom. The molecule has 1 atom stereocenters. The Kier molecular flexibility index (Phi) is 10.2. The molecule has 1 saturated carbocycles. The minimum Gasteiger partial charge on any atom is -0.480 e. The van der Waals surface area contributed by atoms with Gasteiger partial charge in [0, 0.05) is 25.7 Å². The molecule has 1 heterocycles. The highest BCUT2D eigenvalue weighted by atomic mass is 16.7. The first-order valence-corrected chi connectivity index (χ1v) is 11.1. The van der Waals surface area contributed by atoms with Gasteiger partial charge in [-0.05, 0) is 32.3 Å². The van der Waals surface area contributed by atoms with Gasteiger partial charge in [0.15, 0.2) is 5.79 Å². The van der Waals surface area contributed by atoms with E-state index in [9.17, 15) is 14.7 Å². The second kappa shape index (κ2) is 12.6. The molecule has 1 amide bonds. The number of carboxylic acids is 1. The van der Waals surface area contributed by atoms with Crippen molar-refractivity contribution in [3.63, 3.8) is 0 Å². The predicted molar refractivity (Wildman–Crippen MR) is 116 cm³/mol. The van der Waals surface area contributed by atoms with Gasteiger partial charge in [0.2, 0.25) is 0 Å². The molecule has 2 fully saturated rings. The Morgan fingerprint density at radius 3 is 2.19 bits per heavy atom. The van der Waals surface area contributed by atoms with Gasteiger partial charge in [0.1, 0.15) is 12.6 Å². The molecule has 0 aromatic heterocycles. The fourth-order valence-electron chi connectivity index (χ4n) is 3.96. The number of carbonyl (C=O) groups excluding carboxylic acids is 1. The molecule has 31 heavy (non-hydrogen) atoms. The second-order valence-electron chi connectivity index (χ2n) is 7.90. The normalized spacial score (nSPS) is 20.6. The Balaban J connectivity index is 0.000000412. The van der Waals surface area contributed by atoms with Gasteiger partial charge in [0.05, 0.1) is 6.54 Å². The lowest BCUT2D eigenvalue weighted by molar-refractivity contribution is -0.223. The first kappa shape index (κ1) is 25.1. The molecule has 1 aliphatic carbocycles. The highest BCUT2D eigenvalue weighted by Gasteiger charge is 2.51. The van der Waals surface area contributed by atoms with E-state index in [2.05, 4.69) is 0 Å². The van der Waals surface area contributed by atoms with Crippen LogP contribution in [0.5, 0.6) is 0 Å². The van der Waals surface area contributed by atoms with Gasteiger partial charge in [-0.3, -0.25) is 4.90 Å². The molecule has 2 aliphatic rings. The molecule has 174 valence electrons. The molecule has 1 saturated heterocycles. The number of nitrogens with two attached hydrogens (primary N) is 1. The van der Waals surface area contributed by atoms with Gasteiger partial charge in [-0.25, -0.2) is 9.59 Å². The van der Waals surface area contributed by atoms with E-state index in [1.165, 1.54) is 32.1 Å². The molecule has 8 nitrogen and oxygen atoms in total. The van der Waals surface area contributed by atoms with Crippen LogP contribution in [0.25, 0.3) is 0 Å². The maximum Gasteiger partial charge on any atom is 0.411 e. The molecule has 1 aliphatic heterocycles. The smallest absolute Gasteiger partial charge is 0.411 e. The van der Waals surface area contributed by atoms with Crippen LogP contribution in [0.4, 0.5) is 4.79 Å². The van der Waals surface area contributed by atoms with E-state index in [1.54, 1.807) is 13.8 Å². The van der Waals surface area contributed by atoms with Crippen LogP contribution in [-0.2, 0) is 25.6 Å². The topological polar surface area (TPSA) is 111 Å². The average molecular weight is 437 g/mol. The summed E-state index contributed by atoms with van der Waals surface area (Å²) >= 11 is 0. The van der Waals surface area contributed by atoms with E-state index in [0.717, 1.165) is 10.5 Å². The molecule has 0 unspecified atom stereocenters. The Bertz CT molecular complexity index is 672. The van der Waals surface area contributed by atoms with Gasteiger partial charge in [0.25, 0.3) is 0 Å². The maximum absolute atomic E-state index is 12.4. The van der Waals surface area contributed by atoms with Gasteiger partial charge in [-0.1, -0.05) is 49.6 Å². The number of aliphatic carboxylic acids is 1. The van der Waals surface area contributed by atoms with Crippen molar-refractivity contribution >= 4 is 12.1 Å². The lowest BCUT2D eigenvalue weighted by Gasteiger charge is -2.28. The zero-order valence-corrected chi connectivity index (χ0v) is 18.6. The summed E-state index contributed by atoms with van der Waals surface area (Å²) in [5.41, 5.74) is 6.47. The van der Waals surface area contributed by atoms with Gasteiger partial charge < -0.3 is 25.1 Å². The van der Waals surface area contributed by atoms with E-state index in [1.807, 2.05) is 30.3 Å². The number of nitrogens with zero attached hydrogens (tertiary/aromatic N) is 1. The number of rotatable bonds is 7. The van der Waals surface area contributed by atoms with Crippen LogP contribution in [0, 0.1) is 0 Å². The van der Waals surface area contributed by atoms with Gasteiger partial charge in [-0.15, -0.1) is 0 Å². The Labute approximate surface area is 184 Å². The highest BCUT2D eigenvalue weighted by molar-refractivity contribution is 5.81. The predicted octanol–water partition coefficient (Wildman–Crippen LogP) is 3.53. The number of benzene rings is 1. The third-order valence-electron chi connectivity index (χ3n) is 5.48. The largest absolute Gasteiger partial charge is 0.480 e. The second-order valence-corrected chi connectivity index (χ2v) is 7.90. The number of likely N-dealkylation sites (tertiary alicyclic amines) is 1. The van der Waals surface area contributed by atoms with Crippen molar-refractivity contribution in [3.8, 4) is 0 Å². The molecular formula is C23H36N2O6. The van der Waals surface area contributed by atoms with Crippen molar-refractivity contribution in [2.24, 2.45) is 5.73 Å². The molecule has 0 radical (unpaired) electrons. The maximum atomic E-state index is 12.4. The highest BCUT2D eigenvalue weighted by Crippen LogP contribution is 2.32. The van der Waals surface area contributed by atoms with E-state index in [4.69, 9.17) is 19.9 Å². The lowest BCUT2D eigenvalue weighted by Crippen LogP contribution is -2.42. The Morgan fingerprint density at radius 2 is 1.71 bits per heavy atom. The third kappa shape index (κ3) is 7.79. The summed E-state index contributed by atoms with van der Waals surface area (Å²) in [7, 11) is 0. The van der Waals surface area contributed by atoms with Crippen molar-refractivity contribution < 1.29 is 28.9 Å². The summed E-state index contributed by atoms with van der Waals surface area (Å²) in [5.74, 6) is -2.20. The number of ether oxygens (including phenoxy) is 3. The summed E-state index contributed by atoms with van der Waals surface area (Å²) in [4.78, 5) is 25.0. The molecule has 1 aromatic carbocycles. The molecule has 8 heteroatoms. The van der Waals surface area contributed by atoms with Crippen molar-refractivity contribution in [1.82, 2.24) is 4.90 Å². The first-order valence-electron chi connectivity index (χ1n) is 11.1. The summed E-state index contributed by atoms with van der Waals surface area (Å²) in [6.45, 7) is 4.43. The summed E-state index contributed by atoms with van der Waals surface area (Å²) in [6, 6.07) is 8.71. The summed E-state index contributed by atoms with van der Waals surface area (Å²) in [5, 5.41) is 9.43. The zero-order valence-electron chi connectivity index (χ0n) is 18.6. The minimum atomic E-state index is -1.10. The SMILES string of the molecule is CCOC1(OCC)C[C@@H](C(=O)O)N(C(=O)OCc2ccccc2)C1.NC1CCCCC1. The quantitative estimate of drug-likeness (QED) is 0.629. The fraction of sp³-hybridized carbons (Fsp3) is 0.652. The van der Waals surface area contributed by atoms with Crippen LogP contribution in [0.2, 0.25) is 0 Å². The average Bonchev–Trinajstić information content (AvgIpc) is 3.14. The number of hydrogen-bond acceptors (Lipinski definition) is 6. The van der Waals surface area contributed by atoms with Crippen molar-refractivity contribution in [2.75, 3.05) is 19.8 Å². The molecule has 3 rings (SSSR count). The van der Waals surface area contributed by atoms with Crippen molar-refractivity contribution in [3.05, 3.63) is 35.9 Å². The zero-order chi connectivity index (χ0) is 22.7. The lowest BCUT2D eigenvalue weighted by atomic mass is 9.97. The van der Waals surface area contributed by atoms with E-state index in [0.29, 0.717) is 19.3 Å². The van der Waals surface area contributed by atoms with Crippen LogP contribution < -0.4 is 5.73 Å². The number of amides is 1. The molecule has 0 bridgehead atoms. The van der Waals surface area contributed by atoms with Gasteiger partial charge >= 0.3 is 12.1 Å². The molecule has 1 aromatic rings. The van der Waals surface area contributed by atoms with Crippen LogP contribution in [0.3, 0.4) is 0 Å². The van der Waals surface area contributed by atoms with E-state index in [-0.39, 0.29) is 19.6 Å². The van der Waals surface area contributed by atoms with Crippen LogP contribution in [-0.4, -0.2) is 59.7 Å². The minimum absolute atomic E-state index is 0.0271. The Hall–Kier alpha value is -2.16. The van der Waals surface area contributed by atoms with Crippen molar-refractivity contribution in [1.29, 1.82) is 0 Å². The molecular weight excluding hydrogens is 400 g/mol. The molecule has 3 N–H and O–H groups in total. The number of hydrogen-bond donors (Lipinski definition) is 2. The number of carbonyl (C=O) groups is 2. The number of carboxylic acid groups (broad SMARTS) is 1. The third-order valence-corrected chi connectivity index (χ3v) is 5.48. The van der Waals surface area contributed by atoms with E-state index >= 15 is 0 Å². The van der Waals surface area contributed by atoms with Crippen LogP contribution >= 0.6 is 0 Å². The standard InChI is InChI=1S/C17H23NO6.C6H13N/c1-3-23-17(24-4-2)10-14(15(19)20)18(12-17)16(21)22-11-13-8-6-5-7-9-13;7-6-4-2-1-3-5-6/h5-9,14H,3-4,10-12H2,1-2H3,(H,19,20);6H,1-5,7H2/t14-;/m0./s1. The van der Waals surface area contributed by atoms with Gasteiger partial charge in [-0.2, -0.15) is 0 Å².